The van der Waals surface area contributed by atoms with Crippen LogP contribution in [0.2, 0.25) is 0 Å². The number of fused-ring (bicyclic) bond motifs is 2. The maximum Gasteiger partial charge on any atom is 0.0727 e. The van der Waals surface area contributed by atoms with E-state index in [1.165, 1.54) is 11.1 Å². The third-order valence-corrected chi connectivity index (χ3v) is 3.99. The van der Waals surface area contributed by atoms with Crippen LogP contribution in [-0.2, 0) is 11.3 Å². The first-order valence-electron chi connectivity index (χ1n) is 6.81. The average Bonchev–Trinajstić information content (AvgIpc) is 2.94. The second-order valence-corrected chi connectivity index (χ2v) is 5.34. The summed E-state index contributed by atoms with van der Waals surface area (Å²) in [4.78, 5) is 4.41. The Bertz CT molecular complexity index is 778. The molecule has 1 atom stereocenters. The highest BCUT2D eigenvalue weighted by molar-refractivity contribution is 5.84. The van der Waals surface area contributed by atoms with E-state index in [0.717, 1.165) is 28.6 Å². The molecule has 100 valence electrons. The fourth-order valence-electron chi connectivity index (χ4n) is 2.87. The molecule has 0 saturated carbocycles. The largest absolute Gasteiger partial charge is 0.376 e. The summed E-state index contributed by atoms with van der Waals surface area (Å²) >= 11 is 0. The molecule has 1 aromatic carbocycles. The van der Waals surface area contributed by atoms with Crippen LogP contribution in [0.5, 0.6) is 0 Å². The lowest BCUT2D eigenvalue weighted by molar-refractivity contribution is 0.0953. The molecule has 1 aliphatic rings. The minimum Gasteiger partial charge on any atom is -0.376 e. The summed E-state index contributed by atoms with van der Waals surface area (Å²) in [6.07, 6.45) is 5.74. The summed E-state index contributed by atoms with van der Waals surface area (Å²) in [5, 5.41) is 8.21. The molecule has 0 fully saturated rings. The normalized spacial score (nSPS) is 18.1. The van der Waals surface area contributed by atoms with Gasteiger partial charge in [-0.3, -0.25) is 10.1 Å². The van der Waals surface area contributed by atoms with Gasteiger partial charge in [-0.05, 0) is 22.8 Å². The maximum absolute atomic E-state index is 5.69. The fraction of sp³-hybridized carbons (Fsp3) is 0.250. The van der Waals surface area contributed by atoms with Crippen LogP contribution < -0.4 is 0 Å². The lowest BCUT2D eigenvalue weighted by Crippen LogP contribution is -2.15. The second kappa shape index (κ2) is 4.42. The van der Waals surface area contributed by atoms with Crippen molar-refractivity contribution < 1.29 is 4.74 Å². The van der Waals surface area contributed by atoms with Gasteiger partial charge in [0, 0.05) is 29.3 Å². The molecule has 4 rings (SSSR count). The molecule has 3 aromatic rings. The van der Waals surface area contributed by atoms with Gasteiger partial charge < -0.3 is 4.74 Å². The SMILES string of the molecule is CC1COCc2c(-c3ccc4cn[nH]c4c3)cncc21. The molecule has 0 saturated heterocycles. The zero-order chi connectivity index (χ0) is 13.5. The third-order valence-electron chi connectivity index (χ3n) is 3.99. The van der Waals surface area contributed by atoms with Crippen molar-refractivity contribution in [2.45, 2.75) is 19.4 Å². The van der Waals surface area contributed by atoms with E-state index >= 15 is 0 Å². The summed E-state index contributed by atoms with van der Waals surface area (Å²) in [6, 6.07) is 6.33. The predicted molar refractivity (Wildman–Crippen MR) is 77.4 cm³/mol. The predicted octanol–water partition coefficient (Wildman–Crippen LogP) is 3.26. The van der Waals surface area contributed by atoms with Crippen LogP contribution >= 0.6 is 0 Å². The molecule has 0 aliphatic carbocycles. The molecule has 0 radical (unpaired) electrons. The highest BCUT2D eigenvalue weighted by atomic mass is 16.5. The van der Waals surface area contributed by atoms with Crippen molar-refractivity contribution >= 4 is 10.9 Å². The number of ether oxygens (including phenoxy) is 1. The Morgan fingerprint density at radius 2 is 2.20 bits per heavy atom. The quantitative estimate of drug-likeness (QED) is 0.734. The van der Waals surface area contributed by atoms with Gasteiger partial charge >= 0.3 is 0 Å². The molecule has 4 nitrogen and oxygen atoms in total. The van der Waals surface area contributed by atoms with Gasteiger partial charge in [0.1, 0.15) is 0 Å². The lowest BCUT2D eigenvalue weighted by atomic mass is 9.91. The van der Waals surface area contributed by atoms with Gasteiger partial charge in [-0.15, -0.1) is 0 Å². The van der Waals surface area contributed by atoms with E-state index in [1.54, 1.807) is 0 Å². The number of rotatable bonds is 1. The summed E-state index contributed by atoms with van der Waals surface area (Å²) in [6.45, 7) is 3.62. The Balaban J connectivity index is 1.91. The monoisotopic (exact) mass is 265 g/mol. The highest BCUT2D eigenvalue weighted by Crippen LogP contribution is 2.34. The number of hydrogen-bond acceptors (Lipinski definition) is 3. The van der Waals surface area contributed by atoms with Crippen molar-refractivity contribution in [1.29, 1.82) is 0 Å². The molecule has 0 amide bonds. The van der Waals surface area contributed by atoms with E-state index < -0.39 is 0 Å². The van der Waals surface area contributed by atoms with Gasteiger partial charge in [0.05, 0.1) is 24.9 Å². The van der Waals surface area contributed by atoms with E-state index in [1.807, 2.05) is 18.6 Å². The number of pyridine rings is 1. The number of aromatic nitrogens is 3. The molecule has 4 heteroatoms. The number of H-pyrrole nitrogens is 1. The van der Waals surface area contributed by atoms with Crippen molar-refractivity contribution in [3.63, 3.8) is 0 Å². The van der Waals surface area contributed by atoms with Gasteiger partial charge in [-0.2, -0.15) is 5.10 Å². The number of nitrogens with one attached hydrogen (secondary N) is 1. The van der Waals surface area contributed by atoms with Gasteiger partial charge in [-0.1, -0.05) is 19.1 Å². The van der Waals surface area contributed by atoms with Crippen LogP contribution in [0.25, 0.3) is 22.0 Å². The van der Waals surface area contributed by atoms with E-state index in [2.05, 4.69) is 40.3 Å². The minimum absolute atomic E-state index is 0.405. The molecule has 20 heavy (non-hydrogen) atoms. The van der Waals surface area contributed by atoms with Crippen molar-refractivity contribution in [3.05, 3.63) is 47.9 Å². The van der Waals surface area contributed by atoms with Gasteiger partial charge in [0.2, 0.25) is 0 Å². The Hall–Kier alpha value is -2.20. The molecule has 1 unspecified atom stereocenters. The number of nitrogens with zero attached hydrogens (tertiary/aromatic N) is 2. The van der Waals surface area contributed by atoms with Crippen LogP contribution in [0, 0.1) is 0 Å². The standard InChI is InChI=1S/C16H15N3O/c1-10-8-20-9-15-13(10)6-17-7-14(15)11-2-3-12-5-18-19-16(12)4-11/h2-7,10H,8-9H2,1H3,(H,18,19). The van der Waals surface area contributed by atoms with Gasteiger partial charge in [0.15, 0.2) is 0 Å². The molecular weight excluding hydrogens is 250 g/mol. The Morgan fingerprint density at radius 1 is 1.25 bits per heavy atom. The molecule has 1 N–H and O–H groups in total. The number of hydrogen-bond donors (Lipinski definition) is 1. The first kappa shape index (κ1) is 11.6. The summed E-state index contributed by atoms with van der Waals surface area (Å²) < 4.78 is 5.69. The molecule has 0 bridgehead atoms. The van der Waals surface area contributed by atoms with Crippen molar-refractivity contribution in [2.24, 2.45) is 0 Å². The van der Waals surface area contributed by atoms with Crippen molar-refractivity contribution in [3.8, 4) is 11.1 Å². The number of benzene rings is 1. The smallest absolute Gasteiger partial charge is 0.0727 e. The summed E-state index contributed by atoms with van der Waals surface area (Å²) in [7, 11) is 0. The van der Waals surface area contributed by atoms with Gasteiger partial charge in [-0.25, -0.2) is 0 Å². The van der Waals surface area contributed by atoms with Crippen LogP contribution in [0.15, 0.2) is 36.8 Å². The zero-order valence-corrected chi connectivity index (χ0v) is 11.3. The fourth-order valence-corrected chi connectivity index (χ4v) is 2.87. The van der Waals surface area contributed by atoms with Crippen LogP contribution in [0.3, 0.4) is 0 Å². The summed E-state index contributed by atoms with van der Waals surface area (Å²) in [5.74, 6) is 0.405. The Labute approximate surface area is 116 Å². The average molecular weight is 265 g/mol. The third kappa shape index (κ3) is 1.72. The van der Waals surface area contributed by atoms with Crippen LogP contribution in [-0.4, -0.2) is 21.8 Å². The molecule has 2 aromatic heterocycles. The van der Waals surface area contributed by atoms with Crippen LogP contribution in [0.1, 0.15) is 24.0 Å². The Kier molecular flexibility index (Phi) is 2.57. The molecule has 0 spiro atoms. The first-order valence-corrected chi connectivity index (χ1v) is 6.81. The first-order chi connectivity index (χ1) is 9.83. The molecular formula is C16H15N3O. The van der Waals surface area contributed by atoms with E-state index in [4.69, 9.17) is 4.74 Å². The van der Waals surface area contributed by atoms with E-state index in [0.29, 0.717) is 12.5 Å². The second-order valence-electron chi connectivity index (χ2n) is 5.34. The van der Waals surface area contributed by atoms with Gasteiger partial charge in [0.25, 0.3) is 0 Å². The number of aromatic amines is 1. The molecule has 3 heterocycles. The summed E-state index contributed by atoms with van der Waals surface area (Å²) in [5.41, 5.74) is 5.93. The van der Waals surface area contributed by atoms with Crippen LogP contribution in [0.4, 0.5) is 0 Å². The lowest BCUT2D eigenvalue weighted by Gasteiger charge is -2.24. The minimum atomic E-state index is 0.405. The topological polar surface area (TPSA) is 50.8 Å². The van der Waals surface area contributed by atoms with Crippen molar-refractivity contribution in [1.82, 2.24) is 15.2 Å². The van der Waals surface area contributed by atoms with E-state index in [9.17, 15) is 0 Å². The molecule has 1 aliphatic heterocycles. The zero-order valence-electron chi connectivity index (χ0n) is 11.3. The van der Waals surface area contributed by atoms with E-state index in [-0.39, 0.29) is 0 Å². The highest BCUT2D eigenvalue weighted by Gasteiger charge is 2.20. The Morgan fingerprint density at radius 3 is 3.15 bits per heavy atom. The maximum atomic E-state index is 5.69. The van der Waals surface area contributed by atoms with Crippen molar-refractivity contribution in [2.75, 3.05) is 6.61 Å².